The Labute approximate surface area is 119 Å². The molecule has 110 valence electrons. The van der Waals surface area contributed by atoms with Crippen LogP contribution in [0.15, 0.2) is 11.6 Å². The van der Waals surface area contributed by atoms with Crippen LogP contribution >= 0.6 is 0 Å². The van der Waals surface area contributed by atoms with E-state index in [1.807, 2.05) is 19.9 Å². The molecule has 2 rings (SSSR count). The zero-order chi connectivity index (χ0) is 14.7. The van der Waals surface area contributed by atoms with Gasteiger partial charge in [-0.15, -0.1) is 0 Å². The maximum absolute atomic E-state index is 12.4. The van der Waals surface area contributed by atoms with Crippen molar-refractivity contribution in [3.05, 3.63) is 23.0 Å². The minimum Gasteiger partial charge on any atom is -0.395 e. The number of hydrogen-bond acceptors (Lipinski definition) is 4. The van der Waals surface area contributed by atoms with E-state index in [0.717, 1.165) is 12.1 Å². The van der Waals surface area contributed by atoms with E-state index in [1.165, 1.54) is 5.57 Å². The van der Waals surface area contributed by atoms with E-state index in [9.17, 15) is 4.79 Å². The van der Waals surface area contributed by atoms with Gasteiger partial charge in [-0.05, 0) is 17.9 Å². The standard InChI is InChI=1S/C14H22N4O2/c1-9(2)12-11(15)13(17-16-12)14(19)18-6-4-10(5-7-18)8-20-3/h4,9H,5-8,15H2,1-3H3,(H,16,17). The van der Waals surface area contributed by atoms with Crippen molar-refractivity contribution < 1.29 is 9.53 Å². The topological polar surface area (TPSA) is 84.2 Å². The van der Waals surface area contributed by atoms with Crippen molar-refractivity contribution in [1.82, 2.24) is 15.1 Å². The second kappa shape index (κ2) is 6.09. The first-order valence-electron chi connectivity index (χ1n) is 6.84. The van der Waals surface area contributed by atoms with Gasteiger partial charge in [0.15, 0.2) is 5.69 Å². The smallest absolute Gasteiger partial charge is 0.276 e. The van der Waals surface area contributed by atoms with Crippen LogP contribution in [0.25, 0.3) is 0 Å². The molecular weight excluding hydrogens is 256 g/mol. The summed E-state index contributed by atoms with van der Waals surface area (Å²) in [6, 6.07) is 0. The molecule has 1 aromatic heterocycles. The summed E-state index contributed by atoms with van der Waals surface area (Å²) in [5.41, 5.74) is 8.86. The highest BCUT2D eigenvalue weighted by Gasteiger charge is 2.24. The largest absolute Gasteiger partial charge is 0.395 e. The van der Waals surface area contributed by atoms with Gasteiger partial charge in [-0.25, -0.2) is 0 Å². The summed E-state index contributed by atoms with van der Waals surface area (Å²) >= 11 is 0. The molecule has 0 radical (unpaired) electrons. The number of nitrogen functional groups attached to an aromatic ring is 1. The fraction of sp³-hybridized carbons (Fsp3) is 0.571. The number of aromatic nitrogens is 2. The third-order valence-electron chi connectivity index (χ3n) is 3.53. The van der Waals surface area contributed by atoms with E-state index in [1.54, 1.807) is 12.0 Å². The SMILES string of the molecule is COCC1=CCN(C(=O)c2n[nH]c(C(C)C)c2N)CC1. The molecule has 1 amide bonds. The Kier molecular flexibility index (Phi) is 4.44. The average Bonchev–Trinajstić information content (AvgIpc) is 2.81. The average molecular weight is 278 g/mol. The molecule has 6 heteroatoms. The number of nitrogens with one attached hydrogen (secondary N) is 1. The molecular formula is C14H22N4O2. The number of carbonyl (C=O) groups excluding carboxylic acids is 1. The molecule has 1 aromatic rings. The zero-order valence-electron chi connectivity index (χ0n) is 12.3. The molecule has 0 spiro atoms. The van der Waals surface area contributed by atoms with Gasteiger partial charge in [0.25, 0.3) is 5.91 Å². The molecule has 3 N–H and O–H groups in total. The number of carbonyl (C=O) groups is 1. The fourth-order valence-corrected chi connectivity index (χ4v) is 2.33. The molecule has 0 unspecified atom stereocenters. The predicted molar refractivity (Wildman–Crippen MR) is 77.6 cm³/mol. The Morgan fingerprint density at radius 3 is 2.85 bits per heavy atom. The number of amides is 1. The molecule has 1 aliphatic heterocycles. The van der Waals surface area contributed by atoms with Crippen molar-refractivity contribution >= 4 is 11.6 Å². The quantitative estimate of drug-likeness (QED) is 0.818. The molecule has 0 aliphatic carbocycles. The Morgan fingerprint density at radius 2 is 2.35 bits per heavy atom. The molecule has 1 aliphatic rings. The molecule has 20 heavy (non-hydrogen) atoms. The van der Waals surface area contributed by atoms with Gasteiger partial charge in [-0.1, -0.05) is 19.9 Å². The van der Waals surface area contributed by atoms with Crippen LogP contribution in [-0.2, 0) is 4.74 Å². The van der Waals surface area contributed by atoms with E-state index in [4.69, 9.17) is 10.5 Å². The van der Waals surface area contributed by atoms with E-state index < -0.39 is 0 Å². The van der Waals surface area contributed by atoms with Crippen LogP contribution in [0, 0.1) is 0 Å². The fourth-order valence-electron chi connectivity index (χ4n) is 2.33. The number of methoxy groups -OCH3 is 1. The summed E-state index contributed by atoms with van der Waals surface area (Å²) in [5.74, 6) is 0.108. The summed E-state index contributed by atoms with van der Waals surface area (Å²) in [4.78, 5) is 14.2. The summed E-state index contributed by atoms with van der Waals surface area (Å²) < 4.78 is 5.10. The van der Waals surface area contributed by atoms with Crippen molar-refractivity contribution in [2.45, 2.75) is 26.2 Å². The van der Waals surface area contributed by atoms with Gasteiger partial charge in [0.1, 0.15) is 0 Å². The first-order valence-corrected chi connectivity index (χ1v) is 6.84. The number of rotatable bonds is 4. The Bertz CT molecular complexity index is 519. The number of nitrogens with zero attached hydrogens (tertiary/aromatic N) is 2. The van der Waals surface area contributed by atoms with Crippen LogP contribution in [0.1, 0.15) is 42.4 Å². The molecule has 0 saturated heterocycles. The van der Waals surface area contributed by atoms with Crippen molar-refractivity contribution in [2.75, 3.05) is 32.5 Å². The maximum atomic E-state index is 12.4. The lowest BCUT2D eigenvalue weighted by atomic mass is 10.1. The monoisotopic (exact) mass is 278 g/mol. The molecule has 0 fully saturated rings. The number of nitrogens with two attached hydrogens (primary N) is 1. The highest BCUT2D eigenvalue weighted by molar-refractivity contribution is 5.97. The summed E-state index contributed by atoms with van der Waals surface area (Å²) in [6.45, 7) is 5.92. The molecule has 2 heterocycles. The summed E-state index contributed by atoms with van der Waals surface area (Å²) in [6.07, 6.45) is 2.87. The Morgan fingerprint density at radius 1 is 1.60 bits per heavy atom. The van der Waals surface area contributed by atoms with Crippen LogP contribution in [0.5, 0.6) is 0 Å². The first-order chi connectivity index (χ1) is 9.54. The molecule has 0 aromatic carbocycles. The summed E-state index contributed by atoms with van der Waals surface area (Å²) in [7, 11) is 1.68. The second-order valence-electron chi connectivity index (χ2n) is 5.35. The van der Waals surface area contributed by atoms with Crippen LogP contribution in [0.4, 0.5) is 5.69 Å². The van der Waals surface area contributed by atoms with Crippen molar-refractivity contribution in [1.29, 1.82) is 0 Å². The normalized spacial score (nSPS) is 15.6. The maximum Gasteiger partial charge on any atom is 0.276 e. The third kappa shape index (κ3) is 2.85. The highest BCUT2D eigenvalue weighted by atomic mass is 16.5. The number of anilines is 1. The van der Waals surface area contributed by atoms with Crippen LogP contribution in [0.2, 0.25) is 0 Å². The number of aromatic amines is 1. The van der Waals surface area contributed by atoms with Gasteiger partial charge in [-0.2, -0.15) is 5.10 Å². The number of ether oxygens (including phenoxy) is 1. The van der Waals surface area contributed by atoms with Gasteiger partial charge < -0.3 is 15.4 Å². The van der Waals surface area contributed by atoms with Crippen LogP contribution in [0.3, 0.4) is 0 Å². The highest BCUT2D eigenvalue weighted by Crippen LogP contribution is 2.24. The lowest BCUT2D eigenvalue weighted by molar-refractivity contribution is 0.0760. The summed E-state index contributed by atoms with van der Waals surface area (Å²) in [5, 5.41) is 6.95. The molecule has 0 saturated carbocycles. The van der Waals surface area contributed by atoms with E-state index in [2.05, 4.69) is 10.2 Å². The minimum atomic E-state index is -0.113. The van der Waals surface area contributed by atoms with Gasteiger partial charge in [0, 0.05) is 20.2 Å². The van der Waals surface area contributed by atoms with Crippen molar-refractivity contribution in [3.8, 4) is 0 Å². The molecule has 6 nitrogen and oxygen atoms in total. The Hall–Kier alpha value is -1.82. The van der Waals surface area contributed by atoms with Gasteiger partial charge in [-0.3, -0.25) is 9.89 Å². The van der Waals surface area contributed by atoms with E-state index >= 15 is 0 Å². The second-order valence-corrected chi connectivity index (χ2v) is 5.35. The molecule has 0 bridgehead atoms. The Balaban J connectivity index is 2.10. The minimum absolute atomic E-state index is 0.113. The van der Waals surface area contributed by atoms with E-state index in [0.29, 0.717) is 31.1 Å². The van der Waals surface area contributed by atoms with Crippen LogP contribution < -0.4 is 5.73 Å². The zero-order valence-corrected chi connectivity index (χ0v) is 12.3. The first kappa shape index (κ1) is 14.6. The lowest BCUT2D eigenvalue weighted by Crippen LogP contribution is -2.35. The number of H-pyrrole nitrogens is 1. The predicted octanol–water partition coefficient (Wildman–Crippen LogP) is 1.53. The number of hydrogen-bond donors (Lipinski definition) is 2. The van der Waals surface area contributed by atoms with E-state index in [-0.39, 0.29) is 11.8 Å². The van der Waals surface area contributed by atoms with Gasteiger partial charge >= 0.3 is 0 Å². The third-order valence-corrected chi connectivity index (χ3v) is 3.53. The van der Waals surface area contributed by atoms with Crippen molar-refractivity contribution in [3.63, 3.8) is 0 Å². The van der Waals surface area contributed by atoms with Gasteiger partial charge in [0.2, 0.25) is 0 Å². The lowest BCUT2D eigenvalue weighted by Gasteiger charge is -2.25. The van der Waals surface area contributed by atoms with Crippen LogP contribution in [-0.4, -0.2) is 47.8 Å². The molecule has 0 atom stereocenters. The van der Waals surface area contributed by atoms with Gasteiger partial charge in [0.05, 0.1) is 18.0 Å². The van der Waals surface area contributed by atoms with Crippen molar-refractivity contribution in [2.24, 2.45) is 0 Å².